The molecule has 0 aliphatic carbocycles. The Hall–Kier alpha value is -0.610. The number of aromatic nitrogens is 1. The zero-order valence-electron chi connectivity index (χ0n) is 6.16. The molecule has 0 atom stereocenters. The van der Waals surface area contributed by atoms with E-state index in [2.05, 4.69) is 20.9 Å². The molecule has 2 aromatic rings. The molecule has 2 heterocycles. The number of oxazole rings is 1. The second-order valence-electron chi connectivity index (χ2n) is 2.24. The molecule has 2 nitrogen and oxygen atoms in total. The maximum absolute atomic E-state index is 5.27. The minimum Gasteiger partial charge on any atom is -0.442 e. The Morgan fingerprint density at radius 1 is 1.58 bits per heavy atom. The first-order valence-corrected chi connectivity index (χ1v) is 5.44. The van der Waals surface area contributed by atoms with E-state index in [0.717, 1.165) is 21.7 Å². The van der Waals surface area contributed by atoms with E-state index in [4.69, 9.17) is 4.42 Å². The summed E-state index contributed by atoms with van der Waals surface area (Å²) in [5.74, 6) is 0.877. The van der Waals surface area contributed by atoms with Gasteiger partial charge in [-0.25, -0.2) is 4.98 Å². The van der Waals surface area contributed by atoms with Crippen LogP contribution >= 0.6 is 27.3 Å². The van der Waals surface area contributed by atoms with E-state index in [1.807, 2.05) is 17.5 Å². The Labute approximate surface area is 82.4 Å². The number of alkyl halides is 1. The minimum absolute atomic E-state index is 0.733. The molecule has 2 rings (SSSR count). The van der Waals surface area contributed by atoms with Crippen LogP contribution in [0.2, 0.25) is 0 Å². The molecule has 0 fully saturated rings. The Morgan fingerprint density at radius 3 is 3.17 bits per heavy atom. The number of hydrogen-bond acceptors (Lipinski definition) is 3. The van der Waals surface area contributed by atoms with Gasteiger partial charge in [-0.3, -0.25) is 0 Å². The minimum atomic E-state index is 0.733. The molecule has 0 amide bonds. The van der Waals surface area contributed by atoms with Crippen molar-refractivity contribution >= 4 is 27.3 Å². The van der Waals surface area contributed by atoms with E-state index in [0.29, 0.717) is 0 Å². The molecule has 0 spiro atoms. The SMILES string of the molecule is BrCc1ncoc1-c1cccs1. The quantitative estimate of drug-likeness (QED) is 0.757. The Bertz CT molecular complexity index is 355. The van der Waals surface area contributed by atoms with Gasteiger partial charge < -0.3 is 4.42 Å². The third-order valence-corrected chi connectivity index (χ3v) is 2.91. The predicted molar refractivity (Wildman–Crippen MR) is 52.4 cm³/mol. The summed E-state index contributed by atoms with van der Waals surface area (Å²) in [4.78, 5) is 5.21. The maximum atomic E-state index is 5.27. The van der Waals surface area contributed by atoms with Gasteiger partial charge in [-0.2, -0.15) is 0 Å². The van der Waals surface area contributed by atoms with E-state index in [-0.39, 0.29) is 0 Å². The standard InChI is InChI=1S/C8H6BrNOS/c9-4-6-8(11-5-10-6)7-2-1-3-12-7/h1-3,5H,4H2. The highest BCUT2D eigenvalue weighted by molar-refractivity contribution is 9.08. The van der Waals surface area contributed by atoms with Crippen LogP contribution in [-0.2, 0) is 5.33 Å². The largest absolute Gasteiger partial charge is 0.442 e. The van der Waals surface area contributed by atoms with Gasteiger partial charge in [0.15, 0.2) is 12.2 Å². The fourth-order valence-corrected chi connectivity index (χ4v) is 2.11. The van der Waals surface area contributed by atoms with Crippen molar-refractivity contribution in [3.8, 4) is 10.6 Å². The number of thiophene rings is 1. The third kappa shape index (κ3) is 1.32. The van der Waals surface area contributed by atoms with Crippen molar-refractivity contribution in [3.05, 3.63) is 29.6 Å². The first-order chi connectivity index (χ1) is 5.92. The molecular formula is C8H6BrNOS. The van der Waals surface area contributed by atoms with Gasteiger partial charge in [-0.15, -0.1) is 11.3 Å². The second-order valence-corrected chi connectivity index (χ2v) is 3.75. The van der Waals surface area contributed by atoms with Gasteiger partial charge in [0.2, 0.25) is 0 Å². The lowest BCUT2D eigenvalue weighted by molar-refractivity contribution is 0.572. The topological polar surface area (TPSA) is 26.0 Å². The summed E-state index contributed by atoms with van der Waals surface area (Å²) in [6.07, 6.45) is 1.48. The summed E-state index contributed by atoms with van der Waals surface area (Å²) in [6, 6.07) is 4.03. The van der Waals surface area contributed by atoms with E-state index < -0.39 is 0 Å². The molecule has 0 unspecified atom stereocenters. The molecule has 0 aliphatic rings. The zero-order chi connectivity index (χ0) is 8.39. The molecule has 0 saturated heterocycles. The molecule has 0 aliphatic heterocycles. The zero-order valence-corrected chi connectivity index (χ0v) is 8.56. The highest BCUT2D eigenvalue weighted by atomic mass is 79.9. The Kier molecular flexibility index (Phi) is 2.28. The Balaban J connectivity index is 2.46. The van der Waals surface area contributed by atoms with Crippen LogP contribution in [0.4, 0.5) is 0 Å². The summed E-state index contributed by atoms with van der Waals surface area (Å²) in [7, 11) is 0. The first-order valence-electron chi connectivity index (χ1n) is 3.44. The van der Waals surface area contributed by atoms with Crippen LogP contribution in [0.1, 0.15) is 5.69 Å². The summed E-state index contributed by atoms with van der Waals surface area (Å²) in [5.41, 5.74) is 0.956. The van der Waals surface area contributed by atoms with Crippen LogP contribution in [0.3, 0.4) is 0 Å². The molecular weight excluding hydrogens is 238 g/mol. The van der Waals surface area contributed by atoms with Crippen LogP contribution in [0.25, 0.3) is 10.6 Å². The van der Waals surface area contributed by atoms with Gasteiger partial charge in [0.25, 0.3) is 0 Å². The Morgan fingerprint density at radius 2 is 2.50 bits per heavy atom. The molecule has 0 saturated carbocycles. The van der Waals surface area contributed by atoms with E-state index >= 15 is 0 Å². The van der Waals surface area contributed by atoms with Crippen molar-refractivity contribution in [3.63, 3.8) is 0 Å². The fraction of sp³-hybridized carbons (Fsp3) is 0.125. The lowest BCUT2D eigenvalue weighted by atomic mass is 10.3. The summed E-state index contributed by atoms with van der Waals surface area (Å²) < 4.78 is 5.27. The summed E-state index contributed by atoms with van der Waals surface area (Å²) in [6.45, 7) is 0. The average molecular weight is 244 g/mol. The number of nitrogens with zero attached hydrogens (tertiary/aromatic N) is 1. The summed E-state index contributed by atoms with van der Waals surface area (Å²) >= 11 is 5.01. The molecule has 0 bridgehead atoms. The second kappa shape index (κ2) is 3.41. The van der Waals surface area contributed by atoms with Crippen molar-refractivity contribution in [2.75, 3.05) is 0 Å². The molecule has 2 aromatic heterocycles. The normalized spacial score (nSPS) is 10.4. The van der Waals surface area contributed by atoms with Crippen molar-refractivity contribution < 1.29 is 4.42 Å². The molecule has 62 valence electrons. The van der Waals surface area contributed by atoms with Crippen LogP contribution in [0.15, 0.2) is 28.3 Å². The van der Waals surface area contributed by atoms with Crippen molar-refractivity contribution in [1.82, 2.24) is 4.98 Å². The first kappa shape index (κ1) is 8.01. The fourth-order valence-electron chi connectivity index (χ4n) is 0.973. The van der Waals surface area contributed by atoms with Gasteiger partial charge in [-0.05, 0) is 11.4 Å². The van der Waals surface area contributed by atoms with Crippen LogP contribution < -0.4 is 0 Å². The van der Waals surface area contributed by atoms with E-state index in [1.165, 1.54) is 6.39 Å². The molecule has 4 heteroatoms. The van der Waals surface area contributed by atoms with Crippen molar-refractivity contribution in [1.29, 1.82) is 0 Å². The maximum Gasteiger partial charge on any atom is 0.181 e. The van der Waals surface area contributed by atoms with Gasteiger partial charge in [0.1, 0.15) is 0 Å². The van der Waals surface area contributed by atoms with Gasteiger partial charge in [0.05, 0.1) is 10.6 Å². The highest BCUT2D eigenvalue weighted by Gasteiger charge is 2.09. The van der Waals surface area contributed by atoms with Gasteiger partial charge in [-0.1, -0.05) is 22.0 Å². The van der Waals surface area contributed by atoms with Crippen LogP contribution in [0, 0.1) is 0 Å². The van der Waals surface area contributed by atoms with Crippen molar-refractivity contribution in [2.45, 2.75) is 5.33 Å². The molecule has 0 N–H and O–H groups in total. The number of hydrogen-bond donors (Lipinski definition) is 0. The predicted octanol–water partition coefficient (Wildman–Crippen LogP) is 3.30. The van der Waals surface area contributed by atoms with Gasteiger partial charge >= 0.3 is 0 Å². The van der Waals surface area contributed by atoms with Gasteiger partial charge in [0, 0.05) is 5.33 Å². The number of rotatable bonds is 2. The van der Waals surface area contributed by atoms with Crippen molar-refractivity contribution in [2.24, 2.45) is 0 Å². The molecule has 0 radical (unpaired) electrons. The number of halogens is 1. The van der Waals surface area contributed by atoms with E-state index in [1.54, 1.807) is 11.3 Å². The highest BCUT2D eigenvalue weighted by Crippen LogP contribution is 2.28. The molecule has 0 aromatic carbocycles. The monoisotopic (exact) mass is 243 g/mol. The van der Waals surface area contributed by atoms with Crippen LogP contribution in [-0.4, -0.2) is 4.98 Å². The lowest BCUT2D eigenvalue weighted by Crippen LogP contribution is -1.78. The lowest BCUT2D eigenvalue weighted by Gasteiger charge is -1.91. The molecule has 12 heavy (non-hydrogen) atoms. The van der Waals surface area contributed by atoms with E-state index in [9.17, 15) is 0 Å². The third-order valence-electron chi connectivity index (χ3n) is 1.51. The van der Waals surface area contributed by atoms with Crippen LogP contribution in [0.5, 0.6) is 0 Å². The average Bonchev–Trinajstić information content (AvgIpc) is 2.74. The summed E-state index contributed by atoms with van der Waals surface area (Å²) in [5, 5.41) is 2.76. The smallest absolute Gasteiger partial charge is 0.181 e.